The number of nitrogens with one attached hydrogen (secondary N) is 1. The third kappa shape index (κ3) is 3.01. The molecule has 0 aliphatic carbocycles. The topological polar surface area (TPSA) is 54.9 Å². The standard InChI is InChI=1S/C11H10ClN3OS/c1-7-5-17-6-8(7)4-13-11(16)9-2-3-10(12)15-14-9/h2-3,5-6H,4H2,1H3,(H,13,16). The van der Waals surface area contributed by atoms with Crippen LogP contribution in [0.2, 0.25) is 5.15 Å². The SMILES string of the molecule is Cc1cscc1CNC(=O)c1ccc(Cl)nn1. The van der Waals surface area contributed by atoms with Crippen LogP contribution in [0, 0.1) is 6.92 Å². The maximum atomic E-state index is 11.7. The number of carbonyl (C=O) groups excluding carboxylic acids is 1. The second kappa shape index (κ2) is 5.25. The van der Waals surface area contributed by atoms with E-state index in [9.17, 15) is 4.79 Å². The molecule has 0 aromatic carbocycles. The Labute approximate surface area is 108 Å². The zero-order valence-corrected chi connectivity index (χ0v) is 10.7. The number of rotatable bonds is 3. The van der Waals surface area contributed by atoms with E-state index in [1.165, 1.54) is 5.56 Å². The lowest BCUT2D eigenvalue weighted by Gasteiger charge is -2.03. The average Bonchev–Trinajstić information content (AvgIpc) is 2.73. The molecular formula is C11H10ClN3OS. The summed E-state index contributed by atoms with van der Waals surface area (Å²) in [5.74, 6) is -0.250. The number of aryl methyl sites for hydroxylation is 1. The molecule has 2 aromatic heterocycles. The summed E-state index contributed by atoms with van der Waals surface area (Å²) >= 11 is 7.21. The molecule has 0 atom stereocenters. The van der Waals surface area contributed by atoms with Gasteiger partial charge in [-0.3, -0.25) is 4.79 Å². The van der Waals surface area contributed by atoms with E-state index < -0.39 is 0 Å². The average molecular weight is 268 g/mol. The maximum absolute atomic E-state index is 11.7. The Morgan fingerprint density at radius 2 is 2.24 bits per heavy atom. The molecule has 88 valence electrons. The van der Waals surface area contributed by atoms with Crippen LogP contribution in [0.25, 0.3) is 0 Å². The summed E-state index contributed by atoms with van der Waals surface area (Å²) in [5, 5.41) is 14.4. The van der Waals surface area contributed by atoms with Gasteiger partial charge in [0.1, 0.15) is 0 Å². The van der Waals surface area contributed by atoms with Crippen LogP contribution in [0.4, 0.5) is 0 Å². The number of hydrogen-bond donors (Lipinski definition) is 1. The van der Waals surface area contributed by atoms with Gasteiger partial charge in [-0.25, -0.2) is 0 Å². The van der Waals surface area contributed by atoms with Gasteiger partial charge in [-0.2, -0.15) is 11.3 Å². The second-order valence-electron chi connectivity index (χ2n) is 3.50. The van der Waals surface area contributed by atoms with Crippen molar-refractivity contribution in [3.8, 4) is 0 Å². The van der Waals surface area contributed by atoms with E-state index in [0.29, 0.717) is 6.54 Å². The van der Waals surface area contributed by atoms with Crippen LogP contribution in [0.1, 0.15) is 21.6 Å². The van der Waals surface area contributed by atoms with Gasteiger partial charge in [0.15, 0.2) is 10.8 Å². The summed E-state index contributed by atoms with van der Waals surface area (Å²) < 4.78 is 0. The summed E-state index contributed by atoms with van der Waals surface area (Å²) in [7, 11) is 0. The van der Waals surface area contributed by atoms with E-state index in [1.807, 2.05) is 17.7 Å². The first-order valence-corrected chi connectivity index (χ1v) is 6.28. The minimum Gasteiger partial charge on any atom is -0.347 e. The quantitative estimate of drug-likeness (QED) is 0.929. The predicted molar refractivity (Wildman–Crippen MR) is 67.3 cm³/mol. The van der Waals surface area contributed by atoms with E-state index >= 15 is 0 Å². The maximum Gasteiger partial charge on any atom is 0.272 e. The Kier molecular flexibility index (Phi) is 3.71. The molecule has 2 rings (SSSR count). The van der Waals surface area contributed by atoms with Crippen LogP contribution in [-0.2, 0) is 6.54 Å². The monoisotopic (exact) mass is 267 g/mol. The number of aromatic nitrogens is 2. The van der Waals surface area contributed by atoms with E-state index in [1.54, 1.807) is 23.5 Å². The summed E-state index contributed by atoms with van der Waals surface area (Å²) in [6.07, 6.45) is 0. The van der Waals surface area contributed by atoms with Crippen LogP contribution in [0.3, 0.4) is 0 Å². The van der Waals surface area contributed by atoms with Gasteiger partial charge in [-0.05, 0) is 40.9 Å². The normalized spacial score (nSPS) is 10.2. The molecule has 1 N–H and O–H groups in total. The Bertz CT molecular complexity index is 524. The van der Waals surface area contributed by atoms with Gasteiger partial charge in [0.05, 0.1) is 0 Å². The van der Waals surface area contributed by atoms with Crippen molar-refractivity contribution < 1.29 is 4.79 Å². The first-order valence-electron chi connectivity index (χ1n) is 4.96. The van der Waals surface area contributed by atoms with Gasteiger partial charge < -0.3 is 5.32 Å². The Balaban J connectivity index is 1.98. The third-order valence-electron chi connectivity index (χ3n) is 2.27. The van der Waals surface area contributed by atoms with Gasteiger partial charge in [-0.15, -0.1) is 10.2 Å². The molecule has 2 aromatic rings. The summed E-state index contributed by atoms with van der Waals surface area (Å²) in [5.41, 5.74) is 2.56. The van der Waals surface area contributed by atoms with Crippen molar-refractivity contribution in [2.75, 3.05) is 0 Å². The lowest BCUT2D eigenvalue weighted by Crippen LogP contribution is -2.24. The van der Waals surface area contributed by atoms with E-state index in [2.05, 4.69) is 15.5 Å². The Morgan fingerprint density at radius 1 is 1.41 bits per heavy atom. The van der Waals surface area contributed by atoms with E-state index in [4.69, 9.17) is 11.6 Å². The molecule has 0 radical (unpaired) electrons. The highest BCUT2D eigenvalue weighted by molar-refractivity contribution is 7.08. The molecule has 0 spiro atoms. The van der Waals surface area contributed by atoms with E-state index in [0.717, 1.165) is 5.56 Å². The summed E-state index contributed by atoms with van der Waals surface area (Å²) in [4.78, 5) is 11.7. The van der Waals surface area contributed by atoms with Gasteiger partial charge in [-0.1, -0.05) is 11.6 Å². The molecule has 0 fully saturated rings. The molecule has 6 heteroatoms. The van der Waals surface area contributed by atoms with Gasteiger partial charge >= 0.3 is 0 Å². The minimum atomic E-state index is -0.250. The molecular weight excluding hydrogens is 258 g/mol. The molecule has 17 heavy (non-hydrogen) atoms. The first-order chi connectivity index (χ1) is 8.16. The van der Waals surface area contributed by atoms with Crippen LogP contribution < -0.4 is 5.32 Å². The van der Waals surface area contributed by atoms with Crippen LogP contribution >= 0.6 is 22.9 Å². The summed E-state index contributed by atoms with van der Waals surface area (Å²) in [6, 6.07) is 3.09. The van der Waals surface area contributed by atoms with Gasteiger partial charge in [0, 0.05) is 6.54 Å². The number of nitrogens with zero attached hydrogens (tertiary/aromatic N) is 2. The molecule has 0 saturated carbocycles. The Hall–Kier alpha value is -1.46. The zero-order valence-electron chi connectivity index (χ0n) is 9.11. The zero-order chi connectivity index (χ0) is 12.3. The van der Waals surface area contributed by atoms with E-state index in [-0.39, 0.29) is 16.8 Å². The first kappa shape index (κ1) is 12.0. The van der Waals surface area contributed by atoms with Crippen LogP contribution in [-0.4, -0.2) is 16.1 Å². The summed E-state index contributed by atoms with van der Waals surface area (Å²) in [6.45, 7) is 2.51. The second-order valence-corrected chi connectivity index (χ2v) is 4.63. The minimum absolute atomic E-state index is 0.250. The molecule has 0 aliphatic rings. The lowest BCUT2D eigenvalue weighted by molar-refractivity contribution is 0.0945. The van der Waals surface area contributed by atoms with Crippen LogP contribution in [0.5, 0.6) is 0 Å². The van der Waals surface area contributed by atoms with Crippen molar-refractivity contribution in [2.24, 2.45) is 0 Å². The smallest absolute Gasteiger partial charge is 0.272 e. The van der Waals surface area contributed by atoms with Crippen LogP contribution in [0.15, 0.2) is 22.9 Å². The molecule has 0 unspecified atom stereocenters. The van der Waals surface area contributed by atoms with Crippen molar-refractivity contribution in [2.45, 2.75) is 13.5 Å². The molecule has 0 saturated heterocycles. The highest BCUT2D eigenvalue weighted by atomic mass is 35.5. The lowest BCUT2D eigenvalue weighted by atomic mass is 10.2. The third-order valence-corrected chi connectivity index (χ3v) is 3.38. The number of thiophene rings is 1. The molecule has 4 nitrogen and oxygen atoms in total. The van der Waals surface area contributed by atoms with Crippen molar-refractivity contribution in [3.05, 3.63) is 44.9 Å². The number of amides is 1. The molecule has 1 amide bonds. The number of halogens is 1. The van der Waals surface area contributed by atoms with Gasteiger partial charge in [0.25, 0.3) is 5.91 Å². The predicted octanol–water partition coefficient (Wildman–Crippen LogP) is 2.43. The fourth-order valence-corrected chi connectivity index (χ4v) is 2.23. The largest absolute Gasteiger partial charge is 0.347 e. The van der Waals surface area contributed by atoms with Gasteiger partial charge in [0.2, 0.25) is 0 Å². The molecule has 0 bridgehead atoms. The van der Waals surface area contributed by atoms with Crippen molar-refractivity contribution >= 4 is 28.8 Å². The van der Waals surface area contributed by atoms with Crippen molar-refractivity contribution in [1.82, 2.24) is 15.5 Å². The van der Waals surface area contributed by atoms with Crippen molar-refractivity contribution in [1.29, 1.82) is 0 Å². The Morgan fingerprint density at radius 3 is 2.82 bits per heavy atom. The molecule has 2 heterocycles. The highest BCUT2D eigenvalue weighted by Gasteiger charge is 2.08. The highest BCUT2D eigenvalue weighted by Crippen LogP contribution is 2.13. The fraction of sp³-hybridized carbons (Fsp3) is 0.182. The number of hydrogen-bond acceptors (Lipinski definition) is 4. The number of carbonyl (C=O) groups is 1. The fourth-order valence-electron chi connectivity index (χ4n) is 1.27. The molecule has 0 aliphatic heterocycles. The van der Waals surface area contributed by atoms with Crippen molar-refractivity contribution in [3.63, 3.8) is 0 Å².